The maximum atomic E-state index is 13.1. The van der Waals surface area contributed by atoms with Crippen molar-refractivity contribution in [2.75, 3.05) is 13.2 Å². The lowest BCUT2D eigenvalue weighted by Crippen LogP contribution is -2.61. The molecule has 1 aliphatic heterocycles. The topological polar surface area (TPSA) is 175 Å². The number of allylic oxidation sites excluding steroid dienone is 8. The van der Waals surface area contributed by atoms with Gasteiger partial charge in [0, 0.05) is 19.3 Å². The van der Waals surface area contributed by atoms with Crippen LogP contribution in [-0.2, 0) is 42.9 Å². The molecule has 0 radical (unpaired) electrons. The Hall–Kier alpha value is -3.32. The zero-order valence-corrected chi connectivity index (χ0v) is 45.0. The van der Waals surface area contributed by atoms with Crippen LogP contribution in [-0.4, -0.2) is 89.2 Å². The summed E-state index contributed by atoms with van der Waals surface area (Å²) < 4.78 is 28.4. The highest BCUT2D eigenvalue weighted by Crippen LogP contribution is 2.26. The van der Waals surface area contributed by atoms with Gasteiger partial charge in [0.25, 0.3) is 0 Å². The van der Waals surface area contributed by atoms with Crippen molar-refractivity contribution >= 4 is 23.9 Å². The lowest BCUT2D eigenvalue weighted by molar-refractivity contribution is -0.301. The van der Waals surface area contributed by atoms with E-state index < -0.39 is 67.3 Å². The number of hydrogen-bond acceptors (Lipinski definition) is 11. The third kappa shape index (κ3) is 38.0. The Kier molecular flexibility index (Phi) is 44.1. The molecule has 0 aromatic heterocycles. The summed E-state index contributed by atoms with van der Waals surface area (Å²) in [4.78, 5) is 51.0. The summed E-state index contributed by atoms with van der Waals surface area (Å²) in [6.07, 6.45) is 43.7. The zero-order chi connectivity index (χ0) is 51.8. The number of ether oxygens (including phenoxy) is 5. The molecule has 0 aliphatic carbocycles. The van der Waals surface area contributed by atoms with Crippen molar-refractivity contribution in [1.82, 2.24) is 0 Å². The molecule has 12 heteroatoms. The summed E-state index contributed by atoms with van der Waals surface area (Å²) >= 11 is 0. The lowest BCUT2D eigenvalue weighted by atomic mass is 9.98. The van der Waals surface area contributed by atoms with Crippen molar-refractivity contribution in [3.8, 4) is 0 Å². The van der Waals surface area contributed by atoms with Crippen LogP contribution in [0.15, 0.2) is 48.6 Å². The van der Waals surface area contributed by atoms with Crippen molar-refractivity contribution in [2.24, 2.45) is 0 Å². The van der Waals surface area contributed by atoms with Gasteiger partial charge in [-0.25, -0.2) is 4.79 Å². The van der Waals surface area contributed by atoms with E-state index in [-0.39, 0.29) is 25.9 Å². The normalized spacial score (nSPS) is 18.8. The van der Waals surface area contributed by atoms with E-state index in [1.165, 1.54) is 64.2 Å². The molecule has 0 amide bonds. The molecule has 1 fully saturated rings. The number of carbonyl (C=O) groups is 4. The summed E-state index contributed by atoms with van der Waals surface area (Å²) in [6.45, 7) is 5.84. The highest BCUT2D eigenvalue weighted by molar-refractivity contribution is 5.74. The van der Waals surface area contributed by atoms with Gasteiger partial charge in [-0.05, 0) is 70.6 Å². The largest absolute Gasteiger partial charge is 0.479 e. The Balaban J connectivity index is 2.71. The minimum Gasteiger partial charge on any atom is -0.479 e. The second-order valence-electron chi connectivity index (χ2n) is 19.6. The van der Waals surface area contributed by atoms with Gasteiger partial charge in [-0.2, -0.15) is 0 Å². The Morgan fingerprint density at radius 1 is 0.465 bits per heavy atom. The van der Waals surface area contributed by atoms with E-state index in [0.717, 1.165) is 128 Å². The fraction of sp³-hybridized carbons (Fsp3) is 0.797. The van der Waals surface area contributed by atoms with E-state index in [1.54, 1.807) is 0 Å². The van der Waals surface area contributed by atoms with Crippen LogP contribution in [0.4, 0.5) is 0 Å². The van der Waals surface area contributed by atoms with Crippen LogP contribution in [0, 0.1) is 0 Å². The first kappa shape index (κ1) is 65.7. The number of hydrogen-bond donors (Lipinski definition) is 3. The standard InChI is InChI=1S/C59H102O12/c1-4-7-10-13-16-19-22-25-26-29-32-35-38-41-44-47-53(62)70-57-55(64)54(63)56(58(65)66)71-59(57)68-49-50(69-52(61)46-43-40-37-34-31-28-24-21-18-15-12-9-6-3)48-67-51(60)45-42-39-36-33-30-27-23-20-17-14-11-8-5-2/h11-12,14-15,20-21,23-24,50,54-57,59,63-64H,4-10,13,16-19,22,25-49H2,1-3H3,(H,65,66)/b14-11-,15-12-,23-20-,24-21-. The number of unbranched alkanes of at least 4 members (excludes halogenated alkanes) is 26. The summed E-state index contributed by atoms with van der Waals surface area (Å²) in [5, 5.41) is 31.4. The van der Waals surface area contributed by atoms with E-state index >= 15 is 0 Å². The number of carboxylic acids is 1. The number of esters is 3. The molecular weight excluding hydrogens is 901 g/mol. The molecule has 71 heavy (non-hydrogen) atoms. The summed E-state index contributed by atoms with van der Waals surface area (Å²) in [5.41, 5.74) is 0. The number of aliphatic hydroxyl groups is 2. The smallest absolute Gasteiger partial charge is 0.335 e. The second kappa shape index (κ2) is 47.7. The van der Waals surface area contributed by atoms with Crippen molar-refractivity contribution in [3.05, 3.63) is 48.6 Å². The van der Waals surface area contributed by atoms with E-state index in [2.05, 4.69) is 69.4 Å². The highest BCUT2D eigenvalue weighted by atomic mass is 16.7. The van der Waals surface area contributed by atoms with Crippen molar-refractivity contribution in [1.29, 1.82) is 0 Å². The first-order valence-corrected chi connectivity index (χ1v) is 28.6. The molecule has 1 rings (SSSR count). The van der Waals surface area contributed by atoms with Crippen LogP contribution in [0.5, 0.6) is 0 Å². The highest BCUT2D eigenvalue weighted by Gasteiger charge is 2.50. The van der Waals surface area contributed by atoms with Crippen molar-refractivity contribution < 1.29 is 58.2 Å². The van der Waals surface area contributed by atoms with Crippen molar-refractivity contribution in [2.45, 2.75) is 289 Å². The SMILES string of the molecule is CCC/C=C\C/C=C\CCCCCCCC(=O)OCC(COC1OC(C(=O)O)C(O)C(O)C1OC(=O)CCCCCCCCCCCCCCCCC)OC(=O)CCCCCCC/C=C\C/C=C\CCC. The van der Waals surface area contributed by atoms with Crippen LogP contribution in [0.25, 0.3) is 0 Å². The minimum absolute atomic E-state index is 0.0610. The molecule has 0 spiro atoms. The number of rotatable bonds is 48. The molecule has 1 saturated heterocycles. The van der Waals surface area contributed by atoms with Crippen LogP contribution >= 0.6 is 0 Å². The van der Waals surface area contributed by atoms with Gasteiger partial charge in [-0.15, -0.1) is 0 Å². The third-order valence-electron chi connectivity index (χ3n) is 12.8. The molecule has 6 atom stereocenters. The van der Waals surface area contributed by atoms with E-state index in [0.29, 0.717) is 19.3 Å². The Bertz CT molecular complexity index is 1420. The predicted molar refractivity (Wildman–Crippen MR) is 285 cm³/mol. The molecule has 0 aromatic rings. The maximum absolute atomic E-state index is 13.1. The first-order valence-electron chi connectivity index (χ1n) is 28.6. The van der Waals surface area contributed by atoms with E-state index in [4.69, 9.17) is 23.7 Å². The molecule has 0 bridgehead atoms. The molecular formula is C59H102O12. The van der Waals surface area contributed by atoms with Gasteiger partial charge in [0.05, 0.1) is 6.61 Å². The summed E-state index contributed by atoms with van der Waals surface area (Å²) in [5.74, 6) is -3.14. The fourth-order valence-corrected chi connectivity index (χ4v) is 8.44. The van der Waals surface area contributed by atoms with Crippen LogP contribution < -0.4 is 0 Å². The monoisotopic (exact) mass is 1000 g/mol. The van der Waals surface area contributed by atoms with Gasteiger partial charge in [0.1, 0.15) is 18.8 Å². The molecule has 1 aliphatic rings. The van der Waals surface area contributed by atoms with Gasteiger partial charge in [0.2, 0.25) is 0 Å². The molecule has 6 unspecified atom stereocenters. The fourth-order valence-electron chi connectivity index (χ4n) is 8.44. The molecule has 410 valence electrons. The molecule has 0 aromatic carbocycles. The molecule has 1 heterocycles. The molecule has 3 N–H and O–H groups in total. The van der Waals surface area contributed by atoms with Crippen LogP contribution in [0.2, 0.25) is 0 Å². The van der Waals surface area contributed by atoms with E-state index in [1.807, 2.05) is 0 Å². The number of aliphatic hydroxyl groups excluding tert-OH is 2. The third-order valence-corrected chi connectivity index (χ3v) is 12.8. The van der Waals surface area contributed by atoms with Crippen molar-refractivity contribution in [3.63, 3.8) is 0 Å². The predicted octanol–water partition coefficient (Wildman–Crippen LogP) is 14.2. The Morgan fingerprint density at radius 2 is 0.873 bits per heavy atom. The lowest BCUT2D eigenvalue weighted by Gasteiger charge is -2.40. The number of carbonyl (C=O) groups excluding carboxylic acids is 3. The van der Waals surface area contributed by atoms with E-state index in [9.17, 15) is 34.5 Å². The van der Waals surface area contributed by atoms with Gasteiger partial charge < -0.3 is 39.0 Å². The summed E-state index contributed by atoms with van der Waals surface area (Å²) in [6, 6.07) is 0. The summed E-state index contributed by atoms with van der Waals surface area (Å²) in [7, 11) is 0. The van der Waals surface area contributed by atoms with Gasteiger partial charge in [-0.3, -0.25) is 14.4 Å². The average Bonchev–Trinajstić information content (AvgIpc) is 3.35. The van der Waals surface area contributed by atoms with Gasteiger partial charge in [0.15, 0.2) is 24.6 Å². The van der Waals surface area contributed by atoms with Gasteiger partial charge in [-0.1, -0.05) is 211 Å². The number of carboxylic acid groups (broad SMARTS) is 1. The molecule has 0 saturated carbocycles. The zero-order valence-electron chi connectivity index (χ0n) is 45.0. The first-order chi connectivity index (χ1) is 34.6. The minimum atomic E-state index is -1.90. The van der Waals surface area contributed by atoms with Gasteiger partial charge >= 0.3 is 23.9 Å². The number of aliphatic carboxylic acids is 1. The average molecular weight is 1000 g/mol. The van der Waals surface area contributed by atoms with Crippen LogP contribution in [0.1, 0.15) is 252 Å². The second-order valence-corrected chi connectivity index (χ2v) is 19.6. The van der Waals surface area contributed by atoms with Crippen LogP contribution in [0.3, 0.4) is 0 Å². The Labute approximate surface area is 431 Å². The quantitative estimate of drug-likeness (QED) is 0.0228. The molecule has 12 nitrogen and oxygen atoms in total. The Morgan fingerprint density at radius 3 is 1.32 bits per heavy atom. The maximum Gasteiger partial charge on any atom is 0.335 e.